The third-order valence-corrected chi connectivity index (χ3v) is 7.83. The van der Waals surface area contributed by atoms with Crippen LogP contribution in [0.1, 0.15) is 128 Å². The van der Waals surface area contributed by atoms with Crippen molar-refractivity contribution in [2.24, 2.45) is 0 Å². The fourth-order valence-corrected chi connectivity index (χ4v) is 5.30. The first kappa shape index (κ1) is 29.4. The lowest BCUT2D eigenvalue weighted by atomic mass is 10.0. The van der Waals surface area contributed by atoms with E-state index in [1.54, 1.807) is 0 Å². The van der Waals surface area contributed by atoms with Gasteiger partial charge in [-0.3, -0.25) is 4.79 Å². The van der Waals surface area contributed by atoms with Crippen LogP contribution in [0, 0.1) is 0 Å². The van der Waals surface area contributed by atoms with Crippen molar-refractivity contribution >= 4 is 14.0 Å². The molecule has 0 aromatic rings. The Hall–Kier alpha value is -0.573. The molecule has 0 atom stereocenters. The Bertz CT molecular complexity index is 398. The maximum absolute atomic E-state index is 10.4. The molecule has 0 aliphatic rings. The molecule has 0 heterocycles. The van der Waals surface area contributed by atoms with E-state index in [-0.39, 0.29) is 0 Å². The Morgan fingerprint density at radius 1 is 0.567 bits per heavy atom. The molecule has 3 heteroatoms. The molecule has 0 saturated heterocycles. The van der Waals surface area contributed by atoms with Crippen molar-refractivity contribution in [1.29, 1.82) is 0 Å². The Morgan fingerprint density at radius 3 is 1.27 bits per heavy atom. The summed E-state index contributed by atoms with van der Waals surface area (Å²) < 4.78 is 0. The van der Waals surface area contributed by atoms with Crippen LogP contribution in [0.2, 0.25) is 25.7 Å². The van der Waals surface area contributed by atoms with Crippen LogP contribution in [-0.4, -0.2) is 19.1 Å². The van der Waals surface area contributed by atoms with Gasteiger partial charge in [0.05, 0.1) is 0 Å². The van der Waals surface area contributed by atoms with Crippen molar-refractivity contribution in [3.63, 3.8) is 0 Å². The molecule has 0 unspecified atom stereocenters. The highest BCUT2D eigenvalue weighted by Gasteiger charge is 2.11. The van der Waals surface area contributed by atoms with E-state index in [2.05, 4.69) is 31.8 Å². The van der Waals surface area contributed by atoms with Gasteiger partial charge in [-0.1, -0.05) is 128 Å². The average Bonchev–Trinajstić information content (AvgIpc) is 2.67. The lowest BCUT2D eigenvalue weighted by Gasteiger charge is -2.14. The molecule has 1 N–H and O–H groups in total. The van der Waals surface area contributed by atoms with Crippen LogP contribution < -0.4 is 0 Å². The molecule has 0 aliphatic carbocycles. The second kappa shape index (κ2) is 21.7. The lowest BCUT2D eigenvalue weighted by molar-refractivity contribution is -0.137. The van der Waals surface area contributed by atoms with Crippen molar-refractivity contribution < 1.29 is 9.90 Å². The van der Waals surface area contributed by atoms with Gasteiger partial charge in [0.2, 0.25) is 0 Å². The van der Waals surface area contributed by atoms with Gasteiger partial charge in [-0.15, -0.1) is 0 Å². The number of carboxylic acids is 1. The van der Waals surface area contributed by atoms with E-state index in [1.165, 1.54) is 115 Å². The third-order valence-electron chi connectivity index (χ3n) is 5.98. The number of rotatable bonds is 23. The van der Waals surface area contributed by atoms with Gasteiger partial charge in [0.15, 0.2) is 0 Å². The van der Waals surface area contributed by atoms with Gasteiger partial charge in [-0.05, 0) is 32.1 Å². The lowest BCUT2D eigenvalue weighted by Crippen LogP contribution is -2.18. The highest BCUT2D eigenvalue weighted by Crippen LogP contribution is 2.16. The van der Waals surface area contributed by atoms with Gasteiger partial charge in [-0.2, -0.15) is 0 Å². The molecule has 0 aliphatic heterocycles. The summed E-state index contributed by atoms with van der Waals surface area (Å²) in [4.78, 5) is 10.4. The van der Waals surface area contributed by atoms with E-state index in [1.807, 2.05) is 0 Å². The van der Waals surface area contributed by atoms with E-state index in [0.29, 0.717) is 6.42 Å². The fraction of sp³-hybridized carbons (Fsp3) is 0.889. The highest BCUT2D eigenvalue weighted by atomic mass is 28.3. The van der Waals surface area contributed by atoms with Crippen LogP contribution in [0.4, 0.5) is 0 Å². The summed E-state index contributed by atoms with van der Waals surface area (Å²) >= 11 is 0. The predicted molar refractivity (Wildman–Crippen MR) is 137 cm³/mol. The fourth-order valence-electron chi connectivity index (χ4n) is 3.99. The quantitative estimate of drug-likeness (QED) is 0.0978. The van der Waals surface area contributed by atoms with Gasteiger partial charge in [0.25, 0.3) is 0 Å². The number of aliphatic carboxylic acids is 1. The normalized spacial score (nSPS) is 12.1. The summed E-state index contributed by atoms with van der Waals surface area (Å²) in [6, 6.07) is 1.50. The zero-order valence-corrected chi connectivity index (χ0v) is 21.9. The summed E-state index contributed by atoms with van der Waals surface area (Å²) in [6.45, 7) is 7.45. The minimum absolute atomic E-state index is 0.342. The number of carboxylic acid groups (broad SMARTS) is 1. The largest absolute Gasteiger partial charge is 0.481 e. The van der Waals surface area contributed by atoms with E-state index in [0.717, 1.165) is 12.8 Å². The molecule has 0 spiro atoms. The Kier molecular flexibility index (Phi) is 21.2. The molecule has 0 bridgehead atoms. The first-order valence-corrected chi connectivity index (χ1v) is 17.0. The molecule has 0 rings (SSSR count). The van der Waals surface area contributed by atoms with Crippen molar-refractivity contribution in [2.45, 2.75) is 154 Å². The molecule has 0 amide bonds. The molecule has 0 aromatic heterocycles. The Balaban J connectivity index is 3.12. The van der Waals surface area contributed by atoms with E-state index in [9.17, 15) is 4.79 Å². The van der Waals surface area contributed by atoms with Crippen molar-refractivity contribution in [1.82, 2.24) is 0 Å². The van der Waals surface area contributed by atoms with E-state index >= 15 is 0 Å². The maximum Gasteiger partial charge on any atom is 0.303 e. The van der Waals surface area contributed by atoms with Gasteiger partial charge in [0, 0.05) is 14.5 Å². The molecule has 178 valence electrons. The van der Waals surface area contributed by atoms with Crippen LogP contribution in [-0.2, 0) is 4.79 Å². The molecule has 0 radical (unpaired) electrons. The second-order valence-electron chi connectivity index (χ2n) is 10.5. The summed E-state index contributed by atoms with van der Waals surface area (Å²) in [5.74, 6) is -0.653. The molecule has 0 saturated carbocycles. The molecule has 0 fully saturated rings. The van der Waals surface area contributed by atoms with Gasteiger partial charge in [-0.25, -0.2) is 0 Å². The first-order valence-electron chi connectivity index (χ1n) is 13.3. The summed E-state index contributed by atoms with van der Waals surface area (Å²) in [5, 5.41) is 8.59. The zero-order chi connectivity index (χ0) is 22.3. The van der Waals surface area contributed by atoms with E-state index < -0.39 is 14.0 Å². The molecule has 0 aromatic carbocycles. The summed E-state index contributed by atoms with van der Waals surface area (Å²) in [5.41, 5.74) is 0. The molecule has 2 nitrogen and oxygen atoms in total. The predicted octanol–water partition coefficient (Wildman–Crippen LogP) is 9.77. The van der Waals surface area contributed by atoms with Crippen molar-refractivity contribution in [2.75, 3.05) is 0 Å². The standard InChI is InChI=1S/C27H54O2Si/c1-30(2,3)26-24-22-20-18-16-14-12-10-8-6-4-5-7-9-11-13-15-17-19-21-23-25-27(28)29/h10,12H,4-9,11,13-26H2,1-3H3,(H,28,29). The zero-order valence-electron chi connectivity index (χ0n) is 20.9. The van der Waals surface area contributed by atoms with Gasteiger partial charge in [0.1, 0.15) is 0 Å². The second-order valence-corrected chi connectivity index (χ2v) is 16.1. The Morgan fingerprint density at radius 2 is 0.900 bits per heavy atom. The van der Waals surface area contributed by atoms with Crippen molar-refractivity contribution in [3.8, 4) is 0 Å². The van der Waals surface area contributed by atoms with Crippen LogP contribution in [0.3, 0.4) is 0 Å². The van der Waals surface area contributed by atoms with Crippen LogP contribution in [0.5, 0.6) is 0 Å². The average molecular weight is 439 g/mol. The van der Waals surface area contributed by atoms with Crippen LogP contribution in [0.25, 0.3) is 0 Å². The number of allylic oxidation sites excluding steroid dienone is 2. The summed E-state index contributed by atoms with van der Waals surface area (Å²) in [6.07, 6.45) is 30.3. The smallest absolute Gasteiger partial charge is 0.303 e. The number of unbranched alkanes of at least 4 members (excludes halogenated alkanes) is 17. The topological polar surface area (TPSA) is 37.3 Å². The highest BCUT2D eigenvalue weighted by molar-refractivity contribution is 6.76. The Labute approximate surface area is 190 Å². The van der Waals surface area contributed by atoms with Crippen molar-refractivity contribution in [3.05, 3.63) is 12.2 Å². The van der Waals surface area contributed by atoms with Gasteiger partial charge >= 0.3 is 5.97 Å². The molecule has 30 heavy (non-hydrogen) atoms. The third kappa shape index (κ3) is 27.4. The maximum atomic E-state index is 10.4. The molecular weight excluding hydrogens is 384 g/mol. The minimum Gasteiger partial charge on any atom is -0.481 e. The number of hydrogen-bond donors (Lipinski definition) is 1. The van der Waals surface area contributed by atoms with Gasteiger partial charge < -0.3 is 5.11 Å². The van der Waals surface area contributed by atoms with E-state index in [4.69, 9.17) is 5.11 Å². The monoisotopic (exact) mass is 438 g/mol. The first-order chi connectivity index (χ1) is 14.4. The van der Waals surface area contributed by atoms with Crippen LogP contribution in [0.15, 0.2) is 12.2 Å². The SMILES string of the molecule is C[Si](C)(C)CCCCCCCC=CCCCCCCCCCCCCCCC(=O)O. The molecular formula is C27H54O2Si. The number of hydrogen-bond acceptors (Lipinski definition) is 1. The summed E-state index contributed by atoms with van der Waals surface area (Å²) in [7, 11) is -0.801. The number of carbonyl (C=O) groups is 1. The minimum atomic E-state index is -0.801. The van der Waals surface area contributed by atoms with Crippen LogP contribution >= 0.6 is 0 Å².